The quantitative estimate of drug-likeness (QED) is 0.805. The number of hydrogen-bond donors (Lipinski definition) is 1. The van der Waals surface area contributed by atoms with Crippen molar-refractivity contribution in [2.75, 3.05) is 40.3 Å². The highest BCUT2D eigenvalue weighted by molar-refractivity contribution is 5.85. The molecule has 1 aliphatic rings. The summed E-state index contributed by atoms with van der Waals surface area (Å²) in [6.45, 7) is 5.97. The fourth-order valence-electron chi connectivity index (χ4n) is 2.30. The van der Waals surface area contributed by atoms with Gasteiger partial charge in [-0.25, -0.2) is 0 Å². The Morgan fingerprint density at radius 2 is 2.11 bits per heavy atom. The molecule has 1 atom stereocenters. The van der Waals surface area contributed by atoms with Gasteiger partial charge in [0.25, 0.3) is 0 Å². The largest absolute Gasteiger partial charge is 0.343 e. The molecule has 0 bridgehead atoms. The summed E-state index contributed by atoms with van der Waals surface area (Å²) < 4.78 is 0. The Bertz CT molecular complexity index is 229. The van der Waals surface area contributed by atoms with E-state index in [1.54, 1.807) is 0 Å². The minimum atomic E-state index is 0. The lowest BCUT2D eigenvalue weighted by Crippen LogP contribution is -2.45. The van der Waals surface area contributed by atoms with E-state index < -0.39 is 0 Å². The molecule has 1 heterocycles. The third-order valence-electron chi connectivity index (χ3n) is 3.23. The molecule has 0 aromatic carbocycles. The van der Waals surface area contributed by atoms with Crippen LogP contribution in [-0.4, -0.2) is 62.0 Å². The van der Waals surface area contributed by atoms with Crippen LogP contribution in [-0.2, 0) is 4.79 Å². The summed E-state index contributed by atoms with van der Waals surface area (Å²) in [5.74, 6) is 0.293. The standard InChI is InChI=1S/C12H25N3O.2ClH/c1-4-8-15-9-5-6-11(15)12(16)14(3)10-7-13-2;;/h11,13H,4-10H2,1-3H3;2*1H. The van der Waals surface area contributed by atoms with Crippen molar-refractivity contribution in [2.45, 2.75) is 32.2 Å². The zero-order valence-corrected chi connectivity index (χ0v) is 13.3. The highest BCUT2D eigenvalue weighted by Crippen LogP contribution is 2.18. The number of likely N-dealkylation sites (N-methyl/N-ethyl adjacent to an activating group) is 2. The number of halogens is 2. The van der Waals surface area contributed by atoms with Crippen molar-refractivity contribution >= 4 is 30.7 Å². The van der Waals surface area contributed by atoms with Crippen LogP contribution in [0.4, 0.5) is 0 Å². The fraction of sp³-hybridized carbons (Fsp3) is 0.917. The van der Waals surface area contributed by atoms with Crippen molar-refractivity contribution in [3.63, 3.8) is 0 Å². The number of amides is 1. The lowest BCUT2D eigenvalue weighted by molar-refractivity contribution is -0.134. The highest BCUT2D eigenvalue weighted by atomic mass is 35.5. The number of rotatable bonds is 6. The van der Waals surface area contributed by atoms with Gasteiger partial charge in [-0.1, -0.05) is 6.92 Å². The van der Waals surface area contributed by atoms with Crippen molar-refractivity contribution in [1.29, 1.82) is 0 Å². The Morgan fingerprint density at radius 3 is 2.67 bits per heavy atom. The van der Waals surface area contributed by atoms with Gasteiger partial charge in [-0.2, -0.15) is 0 Å². The number of likely N-dealkylation sites (tertiary alicyclic amines) is 1. The van der Waals surface area contributed by atoms with Crippen molar-refractivity contribution in [3.8, 4) is 0 Å². The Balaban J connectivity index is 0. The van der Waals surface area contributed by atoms with Crippen LogP contribution in [0.1, 0.15) is 26.2 Å². The maximum Gasteiger partial charge on any atom is 0.239 e. The monoisotopic (exact) mass is 299 g/mol. The number of carbonyl (C=O) groups excluding carboxylic acids is 1. The molecule has 1 fully saturated rings. The SMILES string of the molecule is CCCN1CCCC1C(=O)N(C)CCNC.Cl.Cl. The van der Waals surface area contributed by atoms with Crippen LogP contribution in [0.15, 0.2) is 0 Å². The molecule has 0 radical (unpaired) electrons. The number of carbonyl (C=O) groups is 1. The maximum absolute atomic E-state index is 12.2. The molecule has 1 N–H and O–H groups in total. The second kappa shape index (κ2) is 10.9. The first-order chi connectivity index (χ1) is 7.70. The molecule has 4 nitrogen and oxygen atoms in total. The lowest BCUT2D eigenvalue weighted by Gasteiger charge is -2.27. The van der Waals surface area contributed by atoms with E-state index in [9.17, 15) is 4.79 Å². The Hall–Kier alpha value is -0.0300. The zero-order chi connectivity index (χ0) is 12.0. The molecule has 1 unspecified atom stereocenters. The van der Waals surface area contributed by atoms with Crippen molar-refractivity contribution < 1.29 is 4.79 Å². The molecule has 1 rings (SSSR count). The molecule has 0 aromatic rings. The number of nitrogens with one attached hydrogen (secondary N) is 1. The minimum Gasteiger partial charge on any atom is -0.343 e. The van der Waals surface area contributed by atoms with Gasteiger partial charge in [-0.05, 0) is 39.4 Å². The van der Waals surface area contributed by atoms with Gasteiger partial charge in [-0.3, -0.25) is 9.69 Å². The van der Waals surface area contributed by atoms with Gasteiger partial charge in [0.1, 0.15) is 0 Å². The van der Waals surface area contributed by atoms with E-state index in [1.165, 1.54) is 0 Å². The fourth-order valence-corrected chi connectivity index (χ4v) is 2.30. The number of nitrogens with zero attached hydrogens (tertiary/aromatic N) is 2. The summed E-state index contributed by atoms with van der Waals surface area (Å²) in [5.41, 5.74) is 0. The van der Waals surface area contributed by atoms with Gasteiger partial charge in [0.2, 0.25) is 5.91 Å². The molecule has 110 valence electrons. The molecule has 0 aliphatic carbocycles. The third-order valence-corrected chi connectivity index (χ3v) is 3.23. The predicted octanol–water partition coefficient (Wildman–Crippen LogP) is 1.38. The van der Waals surface area contributed by atoms with Crippen LogP contribution >= 0.6 is 24.8 Å². The van der Waals surface area contributed by atoms with Gasteiger partial charge in [0, 0.05) is 20.1 Å². The van der Waals surface area contributed by atoms with Crippen LogP contribution < -0.4 is 5.32 Å². The summed E-state index contributed by atoms with van der Waals surface area (Å²) in [5, 5.41) is 3.07. The van der Waals surface area contributed by atoms with E-state index in [-0.39, 0.29) is 30.9 Å². The minimum absolute atomic E-state index is 0. The van der Waals surface area contributed by atoms with Crippen molar-refractivity contribution in [2.24, 2.45) is 0 Å². The predicted molar refractivity (Wildman–Crippen MR) is 80.9 cm³/mol. The normalized spacial score (nSPS) is 18.9. The van der Waals surface area contributed by atoms with Gasteiger partial charge in [-0.15, -0.1) is 24.8 Å². The molecule has 0 aromatic heterocycles. The molecular formula is C12H27Cl2N3O. The highest BCUT2D eigenvalue weighted by Gasteiger charge is 2.31. The molecule has 0 spiro atoms. The third kappa shape index (κ3) is 5.74. The second-order valence-corrected chi connectivity index (χ2v) is 4.56. The number of hydrogen-bond acceptors (Lipinski definition) is 3. The van der Waals surface area contributed by atoms with Gasteiger partial charge in [0.05, 0.1) is 6.04 Å². The molecular weight excluding hydrogens is 273 g/mol. The Labute approximate surface area is 123 Å². The van der Waals surface area contributed by atoms with Gasteiger partial charge in [0.15, 0.2) is 0 Å². The smallest absolute Gasteiger partial charge is 0.239 e. The van der Waals surface area contributed by atoms with Gasteiger partial charge < -0.3 is 10.2 Å². The van der Waals surface area contributed by atoms with Crippen LogP contribution in [0, 0.1) is 0 Å². The van der Waals surface area contributed by atoms with Crippen LogP contribution in [0.3, 0.4) is 0 Å². The summed E-state index contributed by atoms with van der Waals surface area (Å²) >= 11 is 0. The molecule has 1 saturated heterocycles. The summed E-state index contributed by atoms with van der Waals surface area (Å²) in [7, 11) is 3.82. The molecule has 0 saturated carbocycles. The first kappa shape index (κ1) is 20.3. The molecule has 1 aliphatic heterocycles. The molecule has 18 heavy (non-hydrogen) atoms. The summed E-state index contributed by atoms with van der Waals surface area (Å²) in [4.78, 5) is 16.4. The van der Waals surface area contributed by atoms with Crippen LogP contribution in [0.25, 0.3) is 0 Å². The Kier molecular flexibility index (Phi) is 12.2. The van der Waals surface area contributed by atoms with E-state index in [0.717, 1.165) is 45.4 Å². The summed E-state index contributed by atoms with van der Waals surface area (Å²) in [6.07, 6.45) is 3.32. The van der Waals surface area contributed by atoms with E-state index in [1.807, 2.05) is 19.0 Å². The second-order valence-electron chi connectivity index (χ2n) is 4.56. The summed E-state index contributed by atoms with van der Waals surface area (Å²) in [6, 6.07) is 0.141. The van der Waals surface area contributed by atoms with E-state index in [4.69, 9.17) is 0 Å². The van der Waals surface area contributed by atoms with E-state index in [2.05, 4.69) is 17.1 Å². The van der Waals surface area contributed by atoms with Gasteiger partial charge >= 0.3 is 0 Å². The first-order valence-corrected chi connectivity index (χ1v) is 6.34. The lowest BCUT2D eigenvalue weighted by atomic mass is 10.2. The van der Waals surface area contributed by atoms with Crippen LogP contribution in [0.5, 0.6) is 0 Å². The average Bonchev–Trinajstić information content (AvgIpc) is 2.73. The van der Waals surface area contributed by atoms with Crippen LogP contribution in [0.2, 0.25) is 0 Å². The maximum atomic E-state index is 12.2. The first-order valence-electron chi connectivity index (χ1n) is 6.34. The zero-order valence-electron chi connectivity index (χ0n) is 11.6. The topological polar surface area (TPSA) is 35.6 Å². The molecule has 1 amide bonds. The Morgan fingerprint density at radius 1 is 1.44 bits per heavy atom. The van der Waals surface area contributed by atoms with E-state index in [0.29, 0.717) is 5.91 Å². The average molecular weight is 300 g/mol. The van der Waals surface area contributed by atoms with E-state index >= 15 is 0 Å². The van der Waals surface area contributed by atoms with Crippen molar-refractivity contribution in [1.82, 2.24) is 15.1 Å². The van der Waals surface area contributed by atoms with Crippen molar-refractivity contribution in [3.05, 3.63) is 0 Å². The molecule has 6 heteroatoms.